The van der Waals surface area contributed by atoms with Crippen LogP contribution < -0.4 is 5.32 Å². The zero-order chi connectivity index (χ0) is 9.73. The van der Waals surface area contributed by atoms with Gasteiger partial charge in [-0.1, -0.05) is 6.92 Å². The Bertz CT molecular complexity index is 228. The molecule has 0 radical (unpaired) electrons. The summed E-state index contributed by atoms with van der Waals surface area (Å²) in [5, 5.41) is 21.8. The number of nitrogens with one attached hydrogen (secondary N) is 1. The Morgan fingerprint density at radius 3 is 2.62 bits per heavy atom. The second-order valence-electron chi connectivity index (χ2n) is 2.82. The molecule has 74 valence electrons. The Balaban J connectivity index is 2.67. The Kier molecular flexibility index (Phi) is 3.58. The van der Waals surface area contributed by atoms with Gasteiger partial charge in [-0.05, 0) is 6.42 Å². The third kappa shape index (κ3) is 2.36. The van der Waals surface area contributed by atoms with Gasteiger partial charge in [0.25, 0.3) is 0 Å². The van der Waals surface area contributed by atoms with Gasteiger partial charge in [-0.3, -0.25) is 0 Å². The molecule has 0 saturated carbocycles. The number of aliphatic hydroxyl groups excluding tert-OH is 2. The number of rotatable bonds is 5. The van der Waals surface area contributed by atoms with Gasteiger partial charge in [-0.15, -0.1) is 0 Å². The molecule has 0 fully saturated rings. The van der Waals surface area contributed by atoms with Crippen LogP contribution in [0.4, 0.5) is 5.13 Å². The molecule has 1 aromatic rings. The molecule has 1 aromatic heterocycles. The van der Waals surface area contributed by atoms with Crippen LogP contribution in [0.25, 0.3) is 0 Å². The predicted molar refractivity (Wildman–Crippen MR) is 50.7 cm³/mol. The fraction of sp³-hybridized carbons (Fsp3) is 0.714. The molecule has 0 aromatic carbocycles. The van der Waals surface area contributed by atoms with E-state index in [4.69, 9.17) is 10.2 Å². The lowest BCUT2D eigenvalue weighted by Crippen LogP contribution is -2.45. The molecule has 1 rings (SSSR count). The van der Waals surface area contributed by atoms with Gasteiger partial charge in [-0.25, -0.2) is 4.98 Å². The molecule has 0 aliphatic rings. The lowest BCUT2D eigenvalue weighted by molar-refractivity contribution is 0.132. The third-order valence-electron chi connectivity index (χ3n) is 2.02. The van der Waals surface area contributed by atoms with Gasteiger partial charge in [0.2, 0.25) is 5.13 Å². The van der Waals surface area contributed by atoms with Gasteiger partial charge in [0.15, 0.2) is 0 Å². The molecule has 0 spiro atoms. The standard InChI is InChI=1S/C7H13N3O2S/c1-2-7(3-11,4-12)10-6-8-5-9-13-6/h5,11-12H,2-4H2,1H3,(H,8,9,10). The van der Waals surface area contributed by atoms with Crippen molar-refractivity contribution in [2.45, 2.75) is 18.9 Å². The molecule has 0 atom stereocenters. The quantitative estimate of drug-likeness (QED) is 0.632. The summed E-state index contributed by atoms with van der Waals surface area (Å²) in [5.41, 5.74) is -0.681. The maximum atomic E-state index is 9.11. The Labute approximate surface area is 80.6 Å². The SMILES string of the molecule is CCC(CO)(CO)Nc1ncns1. The van der Waals surface area contributed by atoms with E-state index >= 15 is 0 Å². The van der Waals surface area contributed by atoms with E-state index in [0.29, 0.717) is 11.6 Å². The van der Waals surface area contributed by atoms with E-state index in [2.05, 4.69) is 14.7 Å². The lowest BCUT2D eigenvalue weighted by Gasteiger charge is -2.28. The zero-order valence-corrected chi connectivity index (χ0v) is 8.21. The first-order valence-electron chi connectivity index (χ1n) is 4.03. The summed E-state index contributed by atoms with van der Waals surface area (Å²) in [7, 11) is 0. The van der Waals surface area contributed by atoms with Crippen molar-refractivity contribution >= 4 is 16.7 Å². The number of anilines is 1. The van der Waals surface area contributed by atoms with Gasteiger partial charge in [-0.2, -0.15) is 4.37 Å². The van der Waals surface area contributed by atoms with Gasteiger partial charge in [0.05, 0.1) is 18.8 Å². The second kappa shape index (κ2) is 4.50. The van der Waals surface area contributed by atoms with Gasteiger partial charge in [0, 0.05) is 11.5 Å². The van der Waals surface area contributed by atoms with Gasteiger partial charge >= 0.3 is 0 Å². The second-order valence-corrected chi connectivity index (χ2v) is 3.60. The Hall–Kier alpha value is -0.720. The molecule has 3 N–H and O–H groups in total. The molecule has 6 heteroatoms. The predicted octanol–water partition coefficient (Wildman–Crippen LogP) is 0.0834. The maximum Gasteiger partial charge on any atom is 0.202 e. The van der Waals surface area contributed by atoms with Crippen LogP contribution in [-0.2, 0) is 0 Å². The topological polar surface area (TPSA) is 78.3 Å². The van der Waals surface area contributed by atoms with E-state index in [-0.39, 0.29) is 13.2 Å². The van der Waals surface area contributed by atoms with Crippen molar-refractivity contribution in [3.8, 4) is 0 Å². The molecule has 5 nitrogen and oxygen atoms in total. The largest absolute Gasteiger partial charge is 0.394 e. The van der Waals surface area contributed by atoms with E-state index in [1.165, 1.54) is 17.9 Å². The van der Waals surface area contributed by atoms with E-state index in [1.54, 1.807) is 0 Å². The Morgan fingerprint density at radius 2 is 2.23 bits per heavy atom. The maximum absolute atomic E-state index is 9.11. The fourth-order valence-corrected chi connectivity index (χ4v) is 1.45. The number of aliphatic hydroxyl groups is 2. The van der Waals surface area contributed by atoms with Crippen molar-refractivity contribution in [1.29, 1.82) is 0 Å². The van der Waals surface area contributed by atoms with Gasteiger partial charge in [0.1, 0.15) is 6.33 Å². The monoisotopic (exact) mass is 203 g/mol. The highest BCUT2D eigenvalue weighted by Crippen LogP contribution is 2.18. The van der Waals surface area contributed by atoms with Crippen LogP contribution in [0.3, 0.4) is 0 Å². The summed E-state index contributed by atoms with van der Waals surface area (Å²) in [6.45, 7) is 1.64. The molecule has 0 bridgehead atoms. The average Bonchev–Trinajstić information content (AvgIpc) is 2.67. The van der Waals surface area contributed by atoms with Crippen molar-refractivity contribution in [3.05, 3.63) is 6.33 Å². The van der Waals surface area contributed by atoms with Gasteiger partial charge < -0.3 is 15.5 Å². The van der Waals surface area contributed by atoms with Crippen LogP contribution in [0.15, 0.2) is 6.33 Å². The van der Waals surface area contributed by atoms with Crippen molar-refractivity contribution in [2.75, 3.05) is 18.5 Å². The highest BCUT2D eigenvalue weighted by molar-refractivity contribution is 7.09. The highest BCUT2D eigenvalue weighted by Gasteiger charge is 2.27. The van der Waals surface area contributed by atoms with E-state index in [0.717, 1.165) is 0 Å². The molecule has 13 heavy (non-hydrogen) atoms. The van der Waals surface area contributed by atoms with Crippen LogP contribution in [0.5, 0.6) is 0 Å². The van der Waals surface area contributed by atoms with E-state index < -0.39 is 5.54 Å². The minimum atomic E-state index is -0.681. The van der Waals surface area contributed by atoms with Crippen molar-refractivity contribution in [1.82, 2.24) is 9.36 Å². The Morgan fingerprint density at radius 1 is 1.54 bits per heavy atom. The van der Waals surface area contributed by atoms with E-state index in [9.17, 15) is 0 Å². The summed E-state index contributed by atoms with van der Waals surface area (Å²) in [6, 6.07) is 0. The molecule has 0 amide bonds. The van der Waals surface area contributed by atoms with E-state index in [1.807, 2.05) is 6.92 Å². The molecule has 0 saturated heterocycles. The molecule has 0 unspecified atom stereocenters. The minimum absolute atomic E-state index is 0.125. The first-order chi connectivity index (χ1) is 6.26. The van der Waals surface area contributed by atoms with Crippen LogP contribution in [0.1, 0.15) is 13.3 Å². The normalized spacial score (nSPS) is 11.6. The van der Waals surface area contributed by atoms with Crippen LogP contribution in [-0.4, -0.2) is 38.3 Å². The summed E-state index contributed by atoms with van der Waals surface area (Å²) in [5.74, 6) is 0. The van der Waals surface area contributed by atoms with Crippen LogP contribution in [0.2, 0.25) is 0 Å². The molecular weight excluding hydrogens is 190 g/mol. The first kappa shape index (κ1) is 10.4. The van der Waals surface area contributed by atoms with Crippen molar-refractivity contribution < 1.29 is 10.2 Å². The van der Waals surface area contributed by atoms with Crippen molar-refractivity contribution in [2.24, 2.45) is 0 Å². The number of hydrogen-bond donors (Lipinski definition) is 3. The smallest absolute Gasteiger partial charge is 0.202 e. The number of aromatic nitrogens is 2. The number of nitrogens with zero attached hydrogens (tertiary/aromatic N) is 2. The molecule has 1 heterocycles. The number of hydrogen-bond acceptors (Lipinski definition) is 6. The minimum Gasteiger partial charge on any atom is -0.394 e. The molecule has 0 aliphatic heterocycles. The summed E-state index contributed by atoms with van der Waals surface area (Å²) in [4.78, 5) is 3.92. The first-order valence-corrected chi connectivity index (χ1v) is 4.80. The molecule has 0 aliphatic carbocycles. The molecular formula is C7H13N3O2S. The summed E-state index contributed by atoms with van der Waals surface area (Å²) < 4.78 is 3.81. The summed E-state index contributed by atoms with van der Waals surface area (Å²) >= 11 is 1.20. The van der Waals surface area contributed by atoms with Crippen molar-refractivity contribution in [3.63, 3.8) is 0 Å². The fourth-order valence-electron chi connectivity index (χ4n) is 0.896. The summed E-state index contributed by atoms with van der Waals surface area (Å²) in [6.07, 6.45) is 2.06. The third-order valence-corrected chi connectivity index (χ3v) is 2.60. The average molecular weight is 203 g/mol. The van der Waals surface area contributed by atoms with Crippen LogP contribution in [0, 0.1) is 0 Å². The lowest BCUT2D eigenvalue weighted by atomic mass is 9.99. The highest BCUT2D eigenvalue weighted by atomic mass is 32.1. The zero-order valence-electron chi connectivity index (χ0n) is 7.40. The van der Waals surface area contributed by atoms with Crippen LogP contribution >= 0.6 is 11.5 Å².